The molecule has 0 atom stereocenters. The van der Waals surface area contributed by atoms with E-state index in [4.69, 9.17) is 9.47 Å². The maximum atomic E-state index is 5.42. The third kappa shape index (κ3) is 1.77. The molecule has 0 aliphatic heterocycles. The van der Waals surface area contributed by atoms with Crippen molar-refractivity contribution >= 4 is 32.6 Å². The predicted octanol–water partition coefficient (Wildman–Crippen LogP) is 3.95. The van der Waals surface area contributed by atoms with Crippen molar-refractivity contribution < 1.29 is 9.47 Å². The van der Waals surface area contributed by atoms with Crippen molar-refractivity contribution in [1.82, 2.24) is 9.97 Å². The first-order valence-electron chi connectivity index (χ1n) is 7.00. The maximum absolute atomic E-state index is 5.42. The Morgan fingerprint density at radius 1 is 0.818 bits per heavy atom. The second-order valence-electron chi connectivity index (χ2n) is 5.08. The van der Waals surface area contributed by atoms with Gasteiger partial charge in [0.15, 0.2) is 11.5 Å². The first-order valence-corrected chi connectivity index (χ1v) is 7.00. The number of aromatic nitrogens is 2. The molecule has 0 amide bonds. The van der Waals surface area contributed by atoms with Crippen LogP contribution in [0.3, 0.4) is 0 Å². The SMILES string of the molecule is COc1cc2cnc3c4cccnc4ccc3c2cc1OC. The minimum atomic E-state index is 0.707. The molecular formula is C18H14N2O2. The molecule has 108 valence electrons. The number of methoxy groups -OCH3 is 2. The van der Waals surface area contributed by atoms with Gasteiger partial charge in [0.05, 0.1) is 25.3 Å². The first kappa shape index (κ1) is 12.8. The highest BCUT2D eigenvalue weighted by atomic mass is 16.5. The topological polar surface area (TPSA) is 44.2 Å². The van der Waals surface area contributed by atoms with Crippen LogP contribution in [-0.2, 0) is 0 Å². The molecule has 0 saturated carbocycles. The molecule has 4 aromatic rings. The average molecular weight is 290 g/mol. The number of hydrogen-bond donors (Lipinski definition) is 0. The van der Waals surface area contributed by atoms with Gasteiger partial charge in [0.25, 0.3) is 0 Å². The lowest BCUT2D eigenvalue weighted by atomic mass is 10.0. The highest BCUT2D eigenvalue weighted by Gasteiger charge is 2.10. The van der Waals surface area contributed by atoms with Crippen LogP contribution >= 0.6 is 0 Å². The summed E-state index contributed by atoms with van der Waals surface area (Å²) >= 11 is 0. The lowest BCUT2D eigenvalue weighted by Gasteiger charge is -2.11. The van der Waals surface area contributed by atoms with Crippen LogP contribution in [0.2, 0.25) is 0 Å². The van der Waals surface area contributed by atoms with E-state index in [9.17, 15) is 0 Å². The van der Waals surface area contributed by atoms with Gasteiger partial charge in [0.2, 0.25) is 0 Å². The van der Waals surface area contributed by atoms with Crippen molar-refractivity contribution in [2.45, 2.75) is 0 Å². The van der Waals surface area contributed by atoms with E-state index >= 15 is 0 Å². The smallest absolute Gasteiger partial charge is 0.161 e. The van der Waals surface area contributed by atoms with Gasteiger partial charge in [-0.25, -0.2) is 0 Å². The van der Waals surface area contributed by atoms with Gasteiger partial charge in [-0.2, -0.15) is 0 Å². The third-order valence-electron chi connectivity index (χ3n) is 3.94. The van der Waals surface area contributed by atoms with Crippen molar-refractivity contribution in [3.05, 3.63) is 48.8 Å². The Kier molecular flexibility index (Phi) is 2.82. The molecule has 4 heteroatoms. The van der Waals surface area contributed by atoms with Crippen LogP contribution < -0.4 is 9.47 Å². The van der Waals surface area contributed by atoms with E-state index in [1.807, 2.05) is 36.5 Å². The maximum Gasteiger partial charge on any atom is 0.161 e. The molecular weight excluding hydrogens is 276 g/mol. The van der Waals surface area contributed by atoms with E-state index in [0.717, 1.165) is 32.6 Å². The normalized spacial score (nSPS) is 11.2. The molecule has 0 N–H and O–H groups in total. The molecule has 2 aromatic carbocycles. The van der Waals surface area contributed by atoms with Gasteiger partial charge in [0.1, 0.15) is 0 Å². The summed E-state index contributed by atoms with van der Waals surface area (Å²) in [5.41, 5.74) is 1.90. The monoisotopic (exact) mass is 290 g/mol. The zero-order chi connectivity index (χ0) is 15.1. The summed E-state index contributed by atoms with van der Waals surface area (Å²) in [6.45, 7) is 0. The number of hydrogen-bond acceptors (Lipinski definition) is 4. The number of nitrogens with zero attached hydrogens (tertiary/aromatic N) is 2. The van der Waals surface area contributed by atoms with E-state index in [1.54, 1.807) is 20.4 Å². The molecule has 0 fully saturated rings. The number of pyridine rings is 2. The van der Waals surface area contributed by atoms with Gasteiger partial charge in [-0.05, 0) is 41.8 Å². The van der Waals surface area contributed by atoms with E-state index < -0.39 is 0 Å². The summed E-state index contributed by atoms with van der Waals surface area (Å²) in [5.74, 6) is 1.42. The van der Waals surface area contributed by atoms with E-state index in [0.29, 0.717) is 11.5 Å². The Balaban J connectivity index is 2.16. The molecule has 4 rings (SSSR count). The Morgan fingerprint density at radius 3 is 2.45 bits per heavy atom. The lowest BCUT2D eigenvalue weighted by molar-refractivity contribution is 0.356. The summed E-state index contributed by atoms with van der Waals surface area (Å²) in [5, 5.41) is 4.25. The van der Waals surface area contributed by atoms with E-state index in [-0.39, 0.29) is 0 Å². The van der Waals surface area contributed by atoms with Crippen molar-refractivity contribution in [2.75, 3.05) is 14.2 Å². The molecule has 0 aliphatic rings. The van der Waals surface area contributed by atoms with Gasteiger partial charge in [-0.1, -0.05) is 0 Å². The van der Waals surface area contributed by atoms with Crippen LogP contribution in [0.1, 0.15) is 0 Å². The zero-order valence-electron chi connectivity index (χ0n) is 12.3. The second kappa shape index (κ2) is 4.84. The molecule has 0 saturated heterocycles. The molecule has 2 heterocycles. The van der Waals surface area contributed by atoms with Crippen LogP contribution in [0.15, 0.2) is 48.8 Å². The minimum Gasteiger partial charge on any atom is -0.493 e. The lowest BCUT2D eigenvalue weighted by Crippen LogP contribution is -1.92. The standard InChI is InChI=1S/C18H14N2O2/c1-21-16-8-11-10-20-18-12(14(11)9-17(16)22-2)5-6-15-13(18)4-3-7-19-15/h3-10H,1-2H3. The second-order valence-corrected chi connectivity index (χ2v) is 5.08. The fraction of sp³-hybridized carbons (Fsp3) is 0.111. The minimum absolute atomic E-state index is 0.707. The summed E-state index contributed by atoms with van der Waals surface area (Å²) in [4.78, 5) is 9.02. The van der Waals surface area contributed by atoms with Crippen molar-refractivity contribution in [2.24, 2.45) is 0 Å². The van der Waals surface area contributed by atoms with E-state index in [1.165, 1.54) is 0 Å². The summed E-state index contributed by atoms with van der Waals surface area (Å²) in [6.07, 6.45) is 3.66. The van der Waals surface area contributed by atoms with Crippen LogP contribution in [-0.4, -0.2) is 24.2 Å². The molecule has 0 unspecified atom stereocenters. The molecule has 2 aromatic heterocycles. The number of fused-ring (bicyclic) bond motifs is 5. The van der Waals surface area contributed by atoms with Gasteiger partial charge in [0, 0.05) is 28.6 Å². The molecule has 22 heavy (non-hydrogen) atoms. The Bertz CT molecular complexity index is 1010. The van der Waals surface area contributed by atoms with Crippen LogP contribution in [0.5, 0.6) is 11.5 Å². The van der Waals surface area contributed by atoms with Crippen molar-refractivity contribution in [3.63, 3.8) is 0 Å². The van der Waals surface area contributed by atoms with Gasteiger partial charge < -0.3 is 9.47 Å². The van der Waals surface area contributed by atoms with Crippen molar-refractivity contribution in [1.29, 1.82) is 0 Å². The van der Waals surface area contributed by atoms with Gasteiger partial charge in [-0.15, -0.1) is 0 Å². The fourth-order valence-corrected chi connectivity index (χ4v) is 2.86. The fourth-order valence-electron chi connectivity index (χ4n) is 2.86. The Morgan fingerprint density at radius 2 is 1.64 bits per heavy atom. The van der Waals surface area contributed by atoms with Crippen LogP contribution in [0.4, 0.5) is 0 Å². The Hall–Kier alpha value is -2.88. The number of rotatable bonds is 2. The molecule has 0 spiro atoms. The summed E-state index contributed by atoms with van der Waals surface area (Å²) in [7, 11) is 3.28. The van der Waals surface area contributed by atoms with Gasteiger partial charge >= 0.3 is 0 Å². The zero-order valence-corrected chi connectivity index (χ0v) is 12.3. The van der Waals surface area contributed by atoms with Crippen LogP contribution in [0, 0.1) is 0 Å². The third-order valence-corrected chi connectivity index (χ3v) is 3.94. The quantitative estimate of drug-likeness (QED) is 0.524. The molecule has 4 nitrogen and oxygen atoms in total. The highest BCUT2D eigenvalue weighted by molar-refractivity contribution is 6.14. The largest absolute Gasteiger partial charge is 0.493 e. The average Bonchev–Trinajstić information content (AvgIpc) is 2.59. The number of benzene rings is 2. The van der Waals surface area contributed by atoms with E-state index in [2.05, 4.69) is 16.0 Å². The summed E-state index contributed by atoms with van der Waals surface area (Å²) < 4.78 is 10.8. The molecule has 0 aliphatic carbocycles. The first-order chi connectivity index (χ1) is 10.8. The van der Waals surface area contributed by atoms with Gasteiger partial charge in [-0.3, -0.25) is 9.97 Å². The highest BCUT2D eigenvalue weighted by Crippen LogP contribution is 2.36. The molecule has 0 bridgehead atoms. The predicted molar refractivity (Wildman–Crippen MR) is 87.7 cm³/mol. The molecule has 0 radical (unpaired) electrons. The number of ether oxygens (including phenoxy) is 2. The van der Waals surface area contributed by atoms with Crippen molar-refractivity contribution in [3.8, 4) is 11.5 Å². The van der Waals surface area contributed by atoms with Crippen LogP contribution in [0.25, 0.3) is 32.6 Å². The Labute approximate surface area is 127 Å². The summed E-state index contributed by atoms with van der Waals surface area (Å²) in [6, 6.07) is 12.0.